The minimum absolute atomic E-state index is 0.168. The van der Waals surface area contributed by atoms with Gasteiger partial charge in [0.15, 0.2) is 11.5 Å². The number of nitrogens with zero attached hydrogens (tertiary/aromatic N) is 2. The summed E-state index contributed by atoms with van der Waals surface area (Å²) in [5, 5.41) is 7.75. The Labute approximate surface area is 186 Å². The van der Waals surface area contributed by atoms with Crippen molar-refractivity contribution >= 4 is 5.91 Å². The molecule has 32 heavy (non-hydrogen) atoms. The first-order chi connectivity index (χ1) is 15.8. The summed E-state index contributed by atoms with van der Waals surface area (Å²) in [5.41, 5.74) is 4.19. The van der Waals surface area contributed by atoms with Crippen molar-refractivity contribution in [2.75, 3.05) is 13.2 Å². The quantitative estimate of drug-likeness (QED) is 0.500. The Morgan fingerprint density at radius 3 is 2.38 bits per heavy atom. The van der Waals surface area contributed by atoms with Crippen LogP contribution in [0.4, 0.5) is 0 Å². The van der Waals surface area contributed by atoms with Gasteiger partial charge in [0.25, 0.3) is 5.91 Å². The van der Waals surface area contributed by atoms with Gasteiger partial charge in [-0.2, -0.15) is 5.10 Å². The Morgan fingerprint density at radius 1 is 0.875 bits per heavy atom. The number of hydrogen-bond donors (Lipinski definition) is 1. The molecular formula is C26H23N3O3. The molecule has 0 unspecified atom stereocenters. The van der Waals surface area contributed by atoms with Crippen molar-refractivity contribution in [3.05, 3.63) is 102 Å². The van der Waals surface area contributed by atoms with Gasteiger partial charge in [0.1, 0.15) is 18.9 Å². The number of fused-ring (bicyclic) bond motifs is 1. The van der Waals surface area contributed by atoms with Gasteiger partial charge in [-0.1, -0.05) is 66.7 Å². The number of aromatic nitrogens is 2. The molecule has 4 aromatic rings. The van der Waals surface area contributed by atoms with Gasteiger partial charge in [-0.15, -0.1) is 0 Å². The summed E-state index contributed by atoms with van der Waals surface area (Å²) in [6.07, 6.45) is 1.81. The zero-order chi connectivity index (χ0) is 21.8. The highest BCUT2D eigenvalue weighted by atomic mass is 16.6. The Morgan fingerprint density at radius 2 is 1.59 bits per heavy atom. The summed E-state index contributed by atoms with van der Waals surface area (Å²) in [7, 11) is 0. The zero-order valence-corrected chi connectivity index (χ0v) is 17.5. The van der Waals surface area contributed by atoms with Crippen molar-refractivity contribution in [1.82, 2.24) is 15.1 Å². The monoisotopic (exact) mass is 425 g/mol. The van der Waals surface area contributed by atoms with Crippen molar-refractivity contribution < 1.29 is 14.3 Å². The molecule has 6 heteroatoms. The Hall–Kier alpha value is -4.06. The molecular weight excluding hydrogens is 402 g/mol. The summed E-state index contributed by atoms with van der Waals surface area (Å²) >= 11 is 0. The van der Waals surface area contributed by atoms with Gasteiger partial charge in [-0.25, -0.2) is 0 Å². The summed E-state index contributed by atoms with van der Waals surface area (Å²) in [6, 6.07) is 25.6. The van der Waals surface area contributed by atoms with E-state index in [-0.39, 0.29) is 5.91 Å². The van der Waals surface area contributed by atoms with Gasteiger partial charge in [0.2, 0.25) is 0 Å². The van der Waals surface area contributed by atoms with E-state index in [1.165, 1.54) is 0 Å². The van der Waals surface area contributed by atoms with Crippen LogP contribution >= 0.6 is 0 Å². The maximum Gasteiger partial charge on any atom is 0.255 e. The highest BCUT2D eigenvalue weighted by Crippen LogP contribution is 2.30. The lowest BCUT2D eigenvalue weighted by molar-refractivity contribution is 0.0951. The molecule has 1 aromatic heterocycles. The molecule has 0 saturated carbocycles. The van der Waals surface area contributed by atoms with Crippen LogP contribution in [0.15, 0.2) is 85.1 Å². The third-order valence-corrected chi connectivity index (χ3v) is 5.30. The fourth-order valence-electron chi connectivity index (χ4n) is 3.72. The van der Waals surface area contributed by atoms with Crippen molar-refractivity contribution in [3.63, 3.8) is 0 Å². The van der Waals surface area contributed by atoms with Gasteiger partial charge < -0.3 is 14.8 Å². The largest absolute Gasteiger partial charge is 0.486 e. The number of hydrogen-bond acceptors (Lipinski definition) is 4. The van der Waals surface area contributed by atoms with E-state index in [0.29, 0.717) is 43.3 Å². The molecule has 6 nitrogen and oxygen atoms in total. The molecule has 0 bridgehead atoms. The first-order valence-corrected chi connectivity index (χ1v) is 10.6. The van der Waals surface area contributed by atoms with Crippen LogP contribution in [-0.2, 0) is 13.1 Å². The Kier molecular flexibility index (Phi) is 5.58. The second-order valence-corrected chi connectivity index (χ2v) is 7.60. The van der Waals surface area contributed by atoms with Crippen LogP contribution in [0.2, 0.25) is 0 Å². The van der Waals surface area contributed by atoms with Crippen LogP contribution in [0.1, 0.15) is 21.5 Å². The minimum atomic E-state index is -0.168. The molecule has 1 N–H and O–H groups in total. The summed E-state index contributed by atoms with van der Waals surface area (Å²) in [6.45, 7) is 2.06. The van der Waals surface area contributed by atoms with Crippen LogP contribution in [-0.4, -0.2) is 28.9 Å². The minimum Gasteiger partial charge on any atom is -0.486 e. The molecule has 0 fully saturated rings. The van der Waals surface area contributed by atoms with Crippen molar-refractivity contribution in [3.8, 4) is 22.8 Å². The molecule has 1 aliphatic heterocycles. The second kappa shape index (κ2) is 8.98. The maximum absolute atomic E-state index is 13.1. The topological polar surface area (TPSA) is 65.4 Å². The average Bonchev–Trinajstić information content (AvgIpc) is 3.27. The SMILES string of the molecule is O=C(NCc1ccc2c(c1)OCCO2)c1cn(Cc2ccccc2)nc1-c1ccccc1. The van der Waals surface area contributed by atoms with E-state index < -0.39 is 0 Å². The van der Waals surface area contributed by atoms with Crippen molar-refractivity contribution in [2.45, 2.75) is 13.1 Å². The molecule has 0 saturated heterocycles. The highest BCUT2D eigenvalue weighted by Gasteiger charge is 2.18. The normalized spacial score (nSPS) is 12.4. The van der Waals surface area contributed by atoms with Crippen LogP contribution in [0.25, 0.3) is 11.3 Å². The second-order valence-electron chi connectivity index (χ2n) is 7.60. The van der Waals surface area contributed by atoms with E-state index >= 15 is 0 Å². The smallest absolute Gasteiger partial charge is 0.255 e. The number of carbonyl (C=O) groups excluding carboxylic acids is 1. The number of ether oxygens (including phenoxy) is 2. The maximum atomic E-state index is 13.1. The highest BCUT2D eigenvalue weighted by molar-refractivity contribution is 5.99. The Bertz CT molecular complexity index is 1220. The standard InChI is InChI=1S/C26H23N3O3/c30-26(27-16-20-11-12-23-24(15-20)32-14-13-31-23)22-18-29(17-19-7-3-1-4-8-19)28-25(22)21-9-5-2-6-10-21/h1-12,15,18H,13-14,16-17H2,(H,27,30). The first-order valence-electron chi connectivity index (χ1n) is 10.6. The lowest BCUT2D eigenvalue weighted by Gasteiger charge is -2.19. The number of carbonyl (C=O) groups is 1. The molecule has 5 rings (SSSR count). The third kappa shape index (κ3) is 4.34. The van der Waals surface area contributed by atoms with E-state index in [0.717, 1.165) is 22.4 Å². The molecule has 0 aliphatic carbocycles. The lowest BCUT2D eigenvalue weighted by atomic mass is 10.1. The van der Waals surface area contributed by atoms with Gasteiger partial charge in [-0.3, -0.25) is 9.48 Å². The van der Waals surface area contributed by atoms with Gasteiger partial charge in [-0.05, 0) is 23.3 Å². The molecule has 2 heterocycles. The summed E-state index contributed by atoms with van der Waals surface area (Å²) in [4.78, 5) is 13.1. The molecule has 3 aromatic carbocycles. The van der Waals surface area contributed by atoms with Crippen LogP contribution in [0.5, 0.6) is 11.5 Å². The van der Waals surface area contributed by atoms with Crippen LogP contribution < -0.4 is 14.8 Å². The molecule has 1 aliphatic rings. The van der Waals surface area contributed by atoms with Crippen molar-refractivity contribution in [1.29, 1.82) is 0 Å². The fourth-order valence-corrected chi connectivity index (χ4v) is 3.72. The summed E-state index contributed by atoms with van der Waals surface area (Å²) in [5.74, 6) is 1.28. The molecule has 0 radical (unpaired) electrons. The van der Waals surface area contributed by atoms with Gasteiger partial charge in [0.05, 0.1) is 12.1 Å². The van der Waals surface area contributed by atoms with Crippen LogP contribution in [0.3, 0.4) is 0 Å². The molecule has 0 spiro atoms. The first kappa shape index (κ1) is 19.9. The molecule has 0 atom stereocenters. The van der Waals surface area contributed by atoms with E-state index in [2.05, 4.69) is 5.32 Å². The molecule has 1 amide bonds. The summed E-state index contributed by atoms with van der Waals surface area (Å²) < 4.78 is 13.0. The predicted octanol–water partition coefficient (Wildman–Crippen LogP) is 4.30. The zero-order valence-electron chi connectivity index (χ0n) is 17.5. The fraction of sp³-hybridized carbons (Fsp3) is 0.154. The number of rotatable bonds is 6. The number of benzene rings is 3. The van der Waals surface area contributed by atoms with Crippen LogP contribution in [0, 0.1) is 0 Å². The number of amides is 1. The van der Waals surface area contributed by atoms with Gasteiger partial charge in [0, 0.05) is 18.3 Å². The van der Waals surface area contributed by atoms with E-state index in [4.69, 9.17) is 14.6 Å². The lowest BCUT2D eigenvalue weighted by Crippen LogP contribution is -2.23. The van der Waals surface area contributed by atoms with Gasteiger partial charge >= 0.3 is 0 Å². The average molecular weight is 425 g/mol. The number of nitrogens with one attached hydrogen (secondary N) is 1. The third-order valence-electron chi connectivity index (χ3n) is 5.30. The predicted molar refractivity (Wildman–Crippen MR) is 122 cm³/mol. The molecule has 160 valence electrons. The van der Waals surface area contributed by atoms with E-state index in [1.54, 1.807) is 0 Å². The Balaban J connectivity index is 1.38. The van der Waals surface area contributed by atoms with Crippen molar-refractivity contribution in [2.24, 2.45) is 0 Å². The van der Waals surface area contributed by atoms with E-state index in [1.807, 2.05) is 89.7 Å². The van der Waals surface area contributed by atoms with E-state index in [9.17, 15) is 4.79 Å².